The summed E-state index contributed by atoms with van der Waals surface area (Å²) in [5.74, 6) is -2.36. The predicted molar refractivity (Wildman–Crippen MR) is 123 cm³/mol. The molecule has 3 aromatic carbocycles. The van der Waals surface area contributed by atoms with Crippen LogP contribution in [0.3, 0.4) is 0 Å². The summed E-state index contributed by atoms with van der Waals surface area (Å²) >= 11 is 0. The molecule has 0 saturated carbocycles. The summed E-state index contributed by atoms with van der Waals surface area (Å²) in [5.41, 5.74) is 13.8. The lowest BCUT2D eigenvalue weighted by Crippen LogP contribution is -2.35. The number of nitrogens with two attached hydrogens (primary N) is 2. The fraction of sp³-hybridized carbons (Fsp3) is 0.192. The normalized spacial score (nSPS) is 12.5. The number of hydrogen-bond acceptors (Lipinski definition) is 6. The second kappa shape index (κ2) is 11.2. The molecule has 0 aliphatic heterocycles. The Morgan fingerprint density at radius 3 is 2.03 bits per heavy atom. The first kappa shape index (κ1) is 23.8. The Morgan fingerprint density at radius 1 is 0.818 bits per heavy atom. The Kier molecular flexibility index (Phi) is 8.07. The highest BCUT2D eigenvalue weighted by Gasteiger charge is 2.25. The number of ether oxygens (including phenoxy) is 1. The number of carboxylic acids is 1. The van der Waals surface area contributed by atoms with Gasteiger partial charge < -0.3 is 21.3 Å². The van der Waals surface area contributed by atoms with Crippen LogP contribution in [0.4, 0.5) is 0 Å². The van der Waals surface area contributed by atoms with Gasteiger partial charge in [-0.25, -0.2) is 4.79 Å². The number of carbonyl (C=O) groups is 3. The van der Waals surface area contributed by atoms with E-state index in [-0.39, 0.29) is 30.6 Å². The van der Waals surface area contributed by atoms with E-state index in [1.165, 1.54) is 12.1 Å². The second-order valence-corrected chi connectivity index (χ2v) is 7.64. The van der Waals surface area contributed by atoms with Crippen molar-refractivity contribution in [3.8, 4) is 0 Å². The summed E-state index contributed by atoms with van der Waals surface area (Å²) in [6.07, 6.45) is 0.216. The molecule has 0 fully saturated rings. The van der Waals surface area contributed by atoms with Crippen LogP contribution in [0.15, 0.2) is 72.8 Å². The van der Waals surface area contributed by atoms with Crippen LogP contribution >= 0.6 is 0 Å². The number of hydrogen-bond donors (Lipinski definition) is 3. The van der Waals surface area contributed by atoms with Crippen molar-refractivity contribution in [3.05, 3.63) is 107 Å². The molecule has 0 aliphatic carbocycles. The van der Waals surface area contributed by atoms with E-state index >= 15 is 0 Å². The van der Waals surface area contributed by atoms with Crippen molar-refractivity contribution in [1.29, 1.82) is 0 Å². The number of esters is 1. The van der Waals surface area contributed by atoms with Gasteiger partial charge in [0.05, 0.1) is 11.6 Å². The molecule has 3 rings (SSSR count). The number of carbonyl (C=O) groups excluding carboxylic acids is 2. The molecule has 7 heteroatoms. The standard InChI is InChI=1S/C26H25N2O5/c27-22(14-17-7-3-1-4-8-17)24(29)21-13-19(15-23(28)25(30)31)11-12-20(21)26(32)33-16-18-9-5-2-6-10-18/h1-12,22-23H,14-16,27-28H2,(H,30,31). The Hall–Kier alpha value is -3.81. The summed E-state index contributed by atoms with van der Waals surface area (Å²) in [6, 6.07) is 22.1. The predicted octanol–water partition coefficient (Wildman–Crippen LogP) is 2.55. The van der Waals surface area contributed by atoms with Crippen molar-refractivity contribution in [2.75, 3.05) is 0 Å². The lowest BCUT2D eigenvalue weighted by molar-refractivity contribution is -0.138. The van der Waals surface area contributed by atoms with Gasteiger partial charge >= 0.3 is 11.9 Å². The van der Waals surface area contributed by atoms with E-state index in [1.807, 2.05) is 60.7 Å². The van der Waals surface area contributed by atoms with Gasteiger partial charge in [-0.2, -0.15) is 0 Å². The molecule has 33 heavy (non-hydrogen) atoms. The molecule has 0 aliphatic rings. The second-order valence-electron chi connectivity index (χ2n) is 7.64. The largest absolute Gasteiger partial charge is 0.480 e. The van der Waals surface area contributed by atoms with Crippen molar-refractivity contribution < 1.29 is 24.2 Å². The average molecular weight is 445 g/mol. The molecule has 169 valence electrons. The molecule has 0 heterocycles. The molecular weight excluding hydrogens is 420 g/mol. The number of rotatable bonds is 10. The van der Waals surface area contributed by atoms with Crippen molar-refractivity contribution >= 4 is 17.7 Å². The fourth-order valence-electron chi connectivity index (χ4n) is 3.29. The number of Topliss-reactive ketones (excluding diaryl/α,β-unsaturated/α-hetero) is 1. The Bertz CT molecular complexity index is 1120. The SMILES string of the molecule is NC(Cc1[c]c(C(=O)C(N)Cc2ccccc2)c(C(=O)OCc2ccccc2)cc1)C(=O)O. The molecule has 0 aromatic heterocycles. The first-order valence-corrected chi connectivity index (χ1v) is 10.4. The highest BCUT2D eigenvalue weighted by atomic mass is 16.5. The summed E-state index contributed by atoms with van der Waals surface area (Å²) in [5, 5.41) is 9.10. The van der Waals surface area contributed by atoms with Crippen LogP contribution in [-0.4, -0.2) is 34.9 Å². The average Bonchev–Trinajstić information content (AvgIpc) is 2.83. The van der Waals surface area contributed by atoms with Crippen LogP contribution in [0.1, 0.15) is 37.4 Å². The molecule has 5 N–H and O–H groups in total. The van der Waals surface area contributed by atoms with Crippen LogP contribution in [0.5, 0.6) is 0 Å². The van der Waals surface area contributed by atoms with Gasteiger partial charge in [-0.05, 0) is 41.7 Å². The van der Waals surface area contributed by atoms with Crippen LogP contribution < -0.4 is 11.5 Å². The van der Waals surface area contributed by atoms with Crippen molar-refractivity contribution in [3.63, 3.8) is 0 Å². The lowest BCUT2D eigenvalue weighted by atomic mass is 9.92. The van der Waals surface area contributed by atoms with E-state index < -0.39 is 29.8 Å². The molecule has 0 spiro atoms. The third kappa shape index (κ3) is 6.58. The van der Waals surface area contributed by atoms with Gasteiger partial charge in [0.1, 0.15) is 12.6 Å². The third-order valence-electron chi connectivity index (χ3n) is 5.08. The minimum Gasteiger partial charge on any atom is -0.480 e. The smallest absolute Gasteiger partial charge is 0.339 e. The summed E-state index contributed by atoms with van der Waals surface area (Å²) in [4.78, 5) is 37.1. The van der Waals surface area contributed by atoms with E-state index in [0.29, 0.717) is 5.56 Å². The van der Waals surface area contributed by atoms with E-state index in [1.54, 1.807) is 0 Å². The van der Waals surface area contributed by atoms with Gasteiger partial charge in [0.2, 0.25) is 0 Å². The highest BCUT2D eigenvalue weighted by molar-refractivity contribution is 6.08. The Labute approximate surface area is 192 Å². The molecule has 0 amide bonds. The molecule has 2 atom stereocenters. The molecule has 3 aromatic rings. The third-order valence-corrected chi connectivity index (χ3v) is 5.08. The Morgan fingerprint density at radius 2 is 1.42 bits per heavy atom. The van der Waals surface area contributed by atoms with Gasteiger partial charge in [-0.15, -0.1) is 0 Å². The number of aliphatic carboxylic acids is 1. The van der Waals surface area contributed by atoms with Crippen LogP contribution in [0.25, 0.3) is 0 Å². The van der Waals surface area contributed by atoms with Crippen LogP contribution in [0.2, 0.25) is 0 Å². The zero-order valence-corrected chi connectivity index (χ0v) is 17.9. The zero-order valence-electron chi connectivity index (χ0n) is 17.9. The van der Waals surface area contributed by atoms with Gasteiger partial charge in [0, 0.05) is 5.56 Å². The molecule has 0 bridgehead atoms. The topological polar surface area (TPSA) is 133 Å². The van der Waals surface area contributed by atoms with E-state index in [9.17, 15) is 14.4 Å². The van der Waals surface area contributed by atoms with E-state index in [2.05, 4.69) is 6.07 Å². The fourth-order valence-corrected chi connectivity index (χ4v) is 3.29. The minimum absolute atomic E-state index is 0.0205. The maximum atomic E-state index is 13.2. The minimum atomic E-state index is -1.18. The molecule has 2 unspecified atom stereocenters. The maximum absolute atomic E-state index is 13.2. The van der Waals surface area contributed by atoms with Crippen LogP contribution in [-0.2, 0) is 29.0 Å². The number of benzene rings is 3. The first-order chi connectivity index (χ1) is 15.8. The van der Waals surface area contributed by atoms with Crippen molar-refractivity contribution in [1.82, 2.24) is 0 Å². The molecule has 7 nitrogen and oxygen atoms in total. The van der Waals surface area contributed by atoms with Gasteiger partial charge in [0.25, 0.3) is 0 Å². The van der Waals surface area contributed by atoms with Gasteiger partial charge in [-0.1, -0.05) is 66.7 Å². The molecule has 0 saturated heterocycles. The van der Waals surface area contributed by atoms with Gasteiger partial charge in [-0.3, -0.25) is 9.59 Å². The van der Waals surface area contributed by atoms with Gasteiger partial charge in [0.15, 0.2) is 5.78 Å². The number of ketones is 1. The van der Waals surface area contributed by atoms with Crippen molar-refractivity contribution in [2.24, 2.45) is 11.5 Å². The summed E-state index contributed by atoms with van der Waals surface area (Å²) in [7, 11) is 0. The Balaban J connectivity index is 1.86. The number of carboxylic acid groups (broad SMARTS) is 1. The molecule has 1 radical (unpaired) electrons. The zero-order chi connectivity index (χ0) is 23.8. The quantitative estimate of drug-likeness (QED) is 0.323. The van der Waals surface area contributed by atoms with Crippen molar-refractivity contribution in [2.45, 2.75) is 31.5 Å². The van der Waals surface area contributed by atoms with E-state index in [4.69, 9.17) is 21.3 Å². The first-order valence-electron chi connectivity index (χ1n) is 10.4. The molecular formula is C26H25N2O5. The monoisotopic (exact) mass is 445 g/mol. The lowest BCUT2D eigenvalue weighted by Gasteiger charge is -2.15. The summed E-state index contributed by atoms with van der Waals surface area (Å²) < 4.78 is 5.39. The van der Waals surface area contributed by atoms with E-state index in [0.717, 1.165) is 11.1 Å². The summed E-state index contributed by atoms with van der Waals surface area (Å²) in [6.45, 7) is 0.0367. The van der Waals surface area contributed by atoms with Crippen LogP contribution in [0, 0.1) is 6.07 Å². The maximum Gasteiger partial charge on any atom is 0.339 e. The highest BCUT2D eigenvalue weighted by Crippen LogP contribution is 2.18.